The molecule has 0 fully saturated rings. The summed E-state index contributed by atoms with van der Waals surface area (Å²) in [7, 11) is 3.37. The largest absolute Gasteiger partial charge is 0.478 e. The molecule has 0 aromatic carbocycles. The van der Waals surface area contributed by atoms with E-state index in [-0.39, 0.29) is 5.91 Å². The van der Waals surface area contributed by atoms with Crippen molar-refractivity contribution in [2.45, 2.75) is 33.1 Å². The van der Waals surface area contributed by atoms with E-state index in [0.717, 1.165) is 19.3 Å². The summed E-state index contributed by atoms with van der Waals surface area (Å²) >= 11 is 0. The molecule has 0 aliphatic rings. The maximum absolute atomic E-state index is 10.3. The number of carbonyl (C=O) groups excluding carboxylic acids is 1. The molecule has 0 saturated carbocycles. The minimum atomic E-state index is -0.809. The van der Waals surface area contributed by atoms with Crippen LogP contribution in [0.3, 0.4) is 0 Å². The van der Waals surface area contributed by atoms with E-state index in [1.807, 2.05) is 0 Å². The van der Waals surface area contributed by atoms with Crippen LogP contribution in [-0.2, 0) is 9.59 Å². The van der Waals surface area contributed by atoms with E-state index in [9.17, 15) is 9.59 Å². The first-order valence-corrected chi connectivity index (χ1v) is 5.60. The van der Waals surface area contributed by atoms with Crippen molar-refractivity contribution in [2.24, 2.45) is 0 Å². The van der Waals surface area contributed by atoms with Crippen LogP contribution >= 0.6 is 0 Å². The number of likely N-dealkylation sites (N-methyl/N-ethyl adjacent to an activating group) is 1. The van der Waals surface area contributed by atoms with Crippen LogP contribution in [0, 0.1) is 0 Å². The van der Waals surface area contributed by atoms with Gasteiger partial charge in [0.2, 0.25) is 5.91 Å². The van der Waals surface area contributed by atoms with Gasteiger partial charge in [-0.3, -0.25) is 4.79 Å². The van der Waals surface area contributed by atoms with Crippen LogP contribution in [0.25, 0.3) is 0 Å². The normalized spacial score (nSPS) is 10.0. The molecular weight excluding hydrogens is 218 g/mol. The second kappa shape index (κ2) is 10.9. The monoisotopic (exact) mass is 241 g/mol. The van der Waals surface area contributed by atoms with Crippen molar-refractivity contribution in [1.82, 2.24) is 4.90 Å². The van der Waals surface area contributed by atoms with Gasteiger partial charge in [-0.25, -0.2) is 4.79 Å². The maximum atomic E-state index is 10.3. The molecule has 0 unspecified atom stereocenters. The van der Waals surface area contributed by atoms with Crippen molar-refractivity contribution in [3.05, 3.63) is 24.3 Å². The summed E-state index contributed by atoms with van der Waals surface area (Å²) in [5.74, 6) is -0.865. The second-order valence-electron chi connectivity index (χ2n) is 3.77. The standard InChI is InChI=1S/C8H14O2.C5H9NO/c1-3-4-5-6-7(2)8(9)10;1-4-5(7)6(2)3/h6H,3-5H2,1-2H3,(H,9,10);4H,1H2,2-3H3. The van der Waals surface area contributed by atoms with Gasteiger partial charge in [-0.05, 0) is 19.4 Å². The molecule has 0 aromatic rings. The molecular formula is C13H23NO3. The Bertz CT molecular complexity index is 280. The highest BCUT2D eigenvalue weighted by atomic mass is 16.4. The number of carboxylic acid groups (broad SMARTS) is 1. The lowest BCUT2D eigenvalue weighted by Gasteiger charge is -2.03. The van der Waals surface area contributed by atoms with E-state index in [1.165, 1.54) is 11.0 Å². The first kappa shape index (κ1) is 17.8. The average molecular weight is 241 g/mol. The molecule has 0 spiro atoms. The van der Waals surface area contributed by atoms with E-state index < -0.39 is 5.97 Å². The molecule has 0 aliphatic carbocycles. The average Bonchev–Trinajstić information content (AvgIpc) is 2.28. The number of nitrogens with zero attached hydrogens (tertiary/aromatic N) is 1. The Kier molecular flexibility index (Phi) is 11.4. The summed E-state index contributed by atoms with van der Waals surface area (Å²) in [6.45, 7) is 7.00. The first-order chi connectivity index (χ1) is 7.86. The van der Waals surface area contributed by atoms with Crippen molar-refractivity contribution >= 4 is 11.9 Å². The predicted molar refractivity (Wildman–Crippen MR) is 69.8 cm³/mol. The van der Waals surface area contributed by atoms with E-state index in [0.29, 0.717) is 5.57 Å². The summed E-state index contributed by atoms with van der Waals surface area (Å²) in [4.78, 5) is 22.0. The Morgan fingerprint density at radius 2 is 1.88 bits per heavy atom. The smallest absolute Gasteiger partial charge is 0.330 e. The number of unbranched alkanes of at least 4 members (excludes halogenated alkanes) is 2. The third-order valence-electron chi connectivity index (χ3n) is 1.96. The zero-order valence-electron chi connectivity index (χ0n) is 11.2. The molecule has 98 valence electrons. The van der Waals surface area contributed by atoms with E-state index in [1.54, 1.807) is 27.1 Å². The summed E-state index contributed by atoms with van der Waals surface area (Å²) in [6, 6.07) is 0. The fraction of sp³-hybridized carbons (Fsp3) is 0.538. The highest BCUT2D eigenvalue weighted by molar-refractivity contribution is 5.86. The van der Waals surface area contributed by atoms with Crippen molar-refractivity contribution in [2.75, 3.05) is 14.1 Å². The quantitative estimate of drug-likeness (QED) is 0.594. The van der Waals surface area contributed by atoms with E-state index in [2.05, 4.69) is 13.5 Å². The molecule has 0 atom stereocenters. The minimum absolute atomic E-state index is 0.0556. The van der Waals surface area contributed by atoms with Crippen LogP contribution in [-0.4, -0.2) is 36.0 Å². The number of carboxylic acids is 1. The number of hydrogen-bond donors (Lipinski definition) is 1. The Hall–Kier alpha value is -1.58. The SMILES string of the molecule is C=CC(=O)N(C)C.CCCCC=C(C)C(=O)O. The van der Waals surface area contributed by atoms with Gasteiger partial charge in [-0.2, -0.15) is 0 Å². The fourth-order valence-electron chi connectivity index (χ4n) is 0.793. The maximum Gasteiger partial charge on any atom is 0.330 e. The highest BCUT2D eigenvalue weighted by Gasteiger charge is 1.96. The predicted octanol–water partition coefficient (Wildman–Crippen LogP) is 2.47. The van der Waals surface area contributed by atoms with Gasteiger partial charge in [0.25, 0.3) is 0 Å². The molecule has 0 bridgehead atoms. The lowest BCUT2D eigenvalue weighted by atomic mass is 10.2. The summed E-state index contributed by atoms with van der Waals surface area (Å²) in [5.41, 5.74) is 0.452. The topological polar surface area (TPSA) is 57.6 Å². The van der Waals surface area contributed by atoms with E-state index >= 15 is 0 Å². The number of rotatable bonds is 5. The van der Waals surface area contributed by atoms with Gasteiger partial charge < -0.3 is 10.0 Å². The van der Waals surface area contributed by atoms with Gasteiger partial charge in [-0.15, -0.1) is 0 Å². The molecule has 17 heavy (non-hydrogen) atoms. The van der Waals surface area contributed by atoms with E-state index in [4.69, 9.17) is 5.11 Å². The lowest BCUT2D eigenvalue weighted by molar-refractivity contribution is -0.132. The van der Waals surface area contributed by atoms with Gasteiger partial charge in [-0.1, -0.05) is 32.4 Å². The molecule has 0 aliphatic heterocycles. The van der Waals surface area contributed by atoms with Gasteiger partial charge in [0.05, 0.1) is 0 Å². The molecule has 0 aromatic heterocycles. The van der Waals surface area contributed by atoms with Gasteiger partial charge >= 0.3 is 5.97 Å². The fourth-order valence-corrected chi connectivity index (χ4v) is 0.793. The third-order valence-corrected chi connectivity index (χ3v) is 1.96. The summed E-state index contributed by atoms with van der Waals surface area (Å²) in [5, 5.41) is 8.41. The Labute approximate surface area is 104 Å². The van der Waals surface area contributed by atoms with Gasteiger partial charge in [0, 0.05) is 19.7 Å². The minimum Gasteiger partial charge on any atom is -0.478 e. The first-order valence-electron chi connectivity index (χ1n) is 5.60. The highest BCUT2D eigenvalue weighted by Crippen LogP contribution is 2.00. The van der Waals surface area contributed by atoms with Crippen LogP contribution in [0.2, 0.25) is 0 Å². The number of hydrogen-bond acceptors (Lipinski definition) is 2. The van der Waals surface area contributed by atoms with Crippen LogP contribution < -0.4 is 0 Å². The Morgan fingerprint density at radius 1 is 1.35 bits per heavy atom. The third kappa shape index (κ3) is 12.4. The summed E-state index contributed by atoms with van der Waals surface area (Å²) in [6.07, 6.45) is 6.12. The van der Waals surface area contributed by atoms with Crippen LogP contribution in [0.4, 0.5) is 0 Å². The van der Waals surface area contributed by atoms with Crippen molar-refractivity contribution < 1.29 is 14.7 Å². The van der Waals surface area contributed by atoms with Gasteiger partial charge in [0.15, 0.2) is 0 Å². The molecule has 0 saturated heterocycles. The zero-order chi connectivity index (χ0) is 13.8. The molecule has 1 N–H and O–H groups in total. The van der Waals surface area contributed by atoms with Crippen molar-refractivity contribution in [3.63, 3.8) is 0 Å². The van der Waals surface area contributed by atoms with Crippen LogP contribution in [0.5, 0.6) is 0 Å². The summed E-state index contributed by atoms with van der Waals surface area (Å²) < 4.78 is 0. The zero-order valence-corrected chi connectivity index (χ0v) is 11.2. The molecule has 4 heteroatoms. The van der Waals surface area contributed by atoms with Gasteiger partial charge in [0.1, 0.15) is 0 Å². The molecule has 0 rings (SSSR count). The lowest BCUT2D eigenvalue weighted by Crippen LogP contribution is -2.18. The van der Waals surface area contributed by atoms with Crippen molar-refractivity contribution in [1.29, 1.82) is 0 Å². The second-order valence-corrected chi connectivity index (χ2v) is 3.77. The van der Waals surface area contributed by atoms with Crippen LogP contribution in [0.1, 0.15) is 33.1 Å². The molecule has 1 amide bonds. The Balaban J connectivity index is 0. The molecule has 0 radical (unpaired) electrons. The number of amides is 1. The van der Waals surface area contributed by atoms with Crippen LogP contribution in [0.15, 0.2) is 24.3 Å². The number of allylic oxidation sites excluding steroid dienone is 1. The molecule has 0 heterocycles. The Morgan fingerprint density at radius 3 is 2.12 bits per heavy atom. The van der Waals surface area contributed by atoms with Crippen molar-refractivity contribution in [3.8, 4) is 0 Å². The number of carbonyl (C=O) groups is 2. The number of aliphatic carboxylic acids is 1. The molecule has 4 nitrogen and oxygen atoms in total.